The Bertz CT molecular complexity index is 831. The zero-order valence-electron chi connectivity index (χ0n) is 16.8. The third-order valence-corrected chi connectivity index (χ3v) is 5.40. The van der Waals surface area contributed by atoms with Gasteiger partial charge >= 0.3 is 0 Å². The van der Waals surface area contributed by atoms with E-state index in [1.165, 1.54) is 0 Å². The predicted octanol–water partition coefficient (Wildman–Crippen LogP) is 3.23. The van der Waals surface area contributed by atoms with E-state index in [1.54, 1.807) is 24.3 Å². The monoisotopic (exact) mass is 414 g/mol. The number of nitrogens with one attached hydrogen (secondary N) is 2. The van der Waals surface area contributed by atoms with Crippen molar-refractivity contribution in [3.8, 4) is 0 Å². The van der Waals surface area contributed by atoms with Crippen LogP contribution in [0.3, 0.4) is 0 Å². The Kier molecular flexibility index (Phi) is 7.25. The van der Waals surface area contributed by atoms with Crippen LogP contribution in [0.25, 0.3) is 0 Å². The Balaban J connectivity index is 1.43. The topological polar surface area (TPSA) is 64.7 Å². The molecule has 7 heteroatoms. The average Bonchev–Trinajstić information content (AvgIpc) is 2.71. The lowest BCUT2D eigenvalue weighted by Gasteiger charge is -2.37. The minimum absolute atomic E-state index is 0.0177. The molecule has 2 N–H and O–H groups in total. The lowest BCUT2D eigenvalue weighted by molar-refractivity contribution is -0.122. The molecule has 2 aromatic rings. The number of anilines is 2. The van der Waals surface area contributed by atoms with Crippen LogP contribution in [-0.2, 0) is 9.59 Å². The first-order chi connectivity index (χ1) is 13.9. The quantitative estimate of drug-likeness (QED) is 0.761. The molecule has 1 heterocycles. The molecule has 1 aliphatic heterocycles. The first-order valence-corrected chi connectivity index (χ1v) is 10.2. The Morgan fingerprint density at radius 3 is 2.10 bits per heavy atom. The third kappa shape index (κ3) is 6.29. The third-order valence-electron chi connectivity index (χ3n) is 5.15. The number of aryl methyl sites for hydroxylation is 1. The van der Waals surface area contributed by atoms with Gasteiger partial charge in [0.1, 0.15) is 0 Å². The molecule has 0 radical (unpaired) electrons. The van der Waals surface area contributed by atoms with E-state index in [2.05, 4.69) is 20.4 Å². The molecule has 154 valence electrons. The molecule has 29 heavy (non-hydrogen) atoms. The van der Waals surface area contributed by atoms with Crippen LogP contribution in [0.4, 0.5) is 11.4 Å². The van der Waals surface area contributed by atoms with Gasteiger partial charge in [-0.1, -0.05) is 29.3 Å². The highest BCUT2D eigenvalue weighted by Crippen LogP contribution is 2.15. The van der Waals surface area contributed by atoms with Crippen LogP contribution >= 0.6 is 11.6 Å². The van der Waals surface area contributed by atoms with E-state index >= 15 is 0 Å². The standard InChI is InChI=1S/C22H27ClN4O2/c1-16-3-7-19(8-4-16)24-21(28)15-26-11-13-27(14-12-26)17(2)22(29)25-20-9-5-18(23)6-10-20/h3-10,17H,11-15H2,1-2H3,(H,24,28)(H,25,29). The Hall–Kier alpha value is -2.41. The zero-order valence-corrected chi connectivity index (χ0v) is 17.6. The summed E-state index contributed by atoms with van der Waals surface area (Å²) in [5.41, 5.74) is 2.71. The molecule has 0 bridgehead atoms. The van der Waals surface area contributed by atoms with Crippen LogP contribution in [-0.4, -0.2) is 60.4 Å². The summed E-state index contributed by atoms with van der Waals surface area (Å²) < 4.78 is 0. The highest BCUT2D eigenvalue weighted by atomic mass is 35.5. The summed E-state index contributed by atoms with van der Waals surface area (Å²) in [6.07, 6.45) is 0. The highest BCUT2D eigenvalue weighted by Gasteiger charge is 2.26. The van der Waals surface area contributed by atoms with Gasteiger partial charge in [0, 0.05) is 42.6 Å². The Morgan fingerprint density at radius 1 is 0.931 bits per heavy atom. The zero-order chi connectivity index (χ0) is 20.8. The molecule has 6 nitrogen and oxygen atoms in total. The first kappa shape index (κ1) is 21.3. The molecule has 1 fully saturated rings. The van der Waals surface area contributed by atoms with Crippen molar-refractivity contribution in [2.45, 2.75) is 19.9 Å². The fraction of sp³-hybridized carbons (Fsp3) is 0.364. The summed E-state index contributed by atoms with van der Waals surface area (Å²) in [5, 5.41) is 6.49. The van der Waals surface area contributed by atoms with Crippen molar-refractivity contribution in [1.29, 1.82) is 0 Å². The van der Waals surface area contributed by atoms with Gasteiger partial charge in [0.25, 0.3) is 0 Å². The molecule has 2 aromatic carbocycles. The molecular weight excluding hydrogens is 388 g/mol. The van der Waals surface area contributed by atoms with Crippen molar-refractivity contribution < 1.29 is 9.59 Å². The molecule has 1 unspecified atom stereocenters. The van der Waals surface area contributed by atoms with E-state index in [0.717, 1.165) is 43.1 Å². The van der Waals surface area contributed by atoms with Crippen molar-refractivity contribution in [1.82, 2.24) is 9.80 Å². The smallest absolute Gasteiger partial charge is 0.241 e. The second kappa shape index (κ2) is 9.87. The largest absolute Gasteiger partial charge is 0.325 e. The molecule has 0 aromatic heterocycles. The van der Waals surface area contributed by atoms with E-state index in [0.29, 0.717) is 11.6 Å². The summed E-state index contributed by atoms with van der Waals surface area (Å²) in [5.74, 6) is -0.0614. The molecule has 1 atom stereocenters. The van der Waals surface area contributed by atoms with Crippen LogP contribution in [0.15, 0.2) is 48.5 Å². The van der Waals surface area contributed by atoms with Gasteiger partial charge in [-0.3, -0.25) is 19.4 Å². The van der Waals surface area contributed by atoms with Gasteiger partial charge in [-0.15, -0.1) is 0 Å². The fourth-order valence-electron chi connectivity index (χ4n) is 3.30. The summed E-state index contributed by atoms with van der Waals surface area (Å²) in [6.45, 7) is 7.26. The summed E-state index contributed by atoms with van der Waals surface area (Å²) in [7, 11) is 0. The average molecular weight is 415 g/mol. The molecule has 0 saturated carbocycles. The normalized spacial score (nSPS) is 16.2. The van der Waals surface area contributed by atoms with E-state index in [-0.39, 0.29) is 17.9 Å². The van der Waals surface area contributed by atoms with Gasteiger partial charge in [0.2, 0.25) is 11.8 Å². The van der Waals surface area contributed by atoms with E-state index in [1.807, 2.05) is 38.1 Å². The maximum Gasteiger partial charge on any atom is 0.241 e. The van der Waals surface area contributed by atoms with Gasteiger partial charge in [-0.05, 0) is 50.2 Å². The predicted molar refractivity (Wildman–Crippen MR) is 117 cm³/mol. The SMILES string of the molecule is Cc1ccc(NC(=O)CN2CCN(C(C)C(=O)Nc3ccc(Cl)cc3)CC2)cc1. The number of piperazine rings is 1. The maximum atomic E-state index is 12.5. The minimum atomic E-state index is -0.241. The van der Waals surface area contributed by atoms with Gasteiger partial charge in [0.05, 0.1) is 12.6 Å². The van der Waals surface area contributed by atoms with Crippen molar-refractivity contribution in [2.75, 3.05) is 43.4 Å². The molecular formula is C22H27ClN4O2. The number of hydrogen-bond acceptors (Lipinski definition) is 4. The highest BCUT2D eigenvalue weighted by molar-refractivity contribution is 6.30. The van der Waals surface area contributed by atoms with Gasteiger partial charge < -0.3 is 10.6 Å². The van der Waals surface area contributed by atoms with Gasteiger partial charge in [0.15, 0.2) is 0 Å². The van der Waals surface area contributed by atoms with E-state index in [4.69, 9.17) is 11.6 Å². The van der Waals surface area contributed by atoms with Crippen LogP contribution < -0.4 is 10.6 Å². The lowest BCUT2D eigenvalue weighted by Crippen LogP contribution is -2.53. The van der Waals surface area contributed by atoms with Crippen LogP contribution in [0.2, 0.25) is 5.02 Å². The number of carbonyl (C=O) groups excluding carboxylic acids is 2. The number of carbonyl (C=O) groups is 2. The number of halogens is 1. The summed E-state index contributed by atoms with van der Waals surface area (Å²) in [4.78, 5) is 29.0. The minimum Gasteiger partial charge on any atom is -0.325 e. The Labute approximate surface area is 176 Å². The molecule has 3 rings (SSSR count). The number of rotatable bonds is 6. The van der Waals surface area contributed by atoms with Crippen LogP contribution in [0, 0.1) is 6.92 Å². The molecule has 2 amide bonds. The second-order valence-corrected chi connectivity index (χ2v) is 7.83. The summed E-state index contributed by atoms with van der Waals surface area (Å²) in [6, 6.07) is 14.6. The lowest BCUT2D eigenvalue weighted by atomic mass is 10.2. The Morgan fingerprint density at radius 2 is 1.48 bits per heavy atom. The maximum absolute atomic E-state index is 12.5. The van der Waals surface area contributed by atoms with Crippen LogP contribution in [0.1, 0.15) is 12.5 Å². The fourth-order valence-corrected chi connectivity index (χ4v) is 3.42. The number of nitrogens with zero attached hydrogens (tertiary/aromatic N) is 2. The number of hydrogen-bond donors (Lipinski definition) is 2. The van der Waals surface area contributed by atoms with E-state index in [9.17, 15) is 9.59 Å². The van der Waals surface area contributed by atoms with Crippen molar-refractivity contribution in [2.24, 2.45) is 0 Å². The molecule has 1 saturated heterocycles. The molecule has 0 aliphatic carbocycles. The van der Waals surface area contributed by atoms with E-state index < -0.39 is 0 Å². The van der Waals surface area contributed by atoms with Gasteiger partial charge in [-0.2, -0.15) is 0 Å². The second-order valence-electron chi connectivity index (χ2n) is 7.40. The van der Waals surface area contributed by atoms with Crippen molar-refractivity contribution >= 4 is 34.8 Å². The molecule has 0 spiro atoms. The summed E-state index contributed by atoms with van der Waals surface area (Å²) >= 11 is 5.88. The first-order valence-electron chi connectivity index (χ1n) is 9.80. The van der Waals surface area contributed by atoms with Crippen molar-refractivity contribution in [3.05, 3.63) is 59.1 Å². The number of benzene rings is 2. The number of amides is 2. The van der Waals surface area contributed by atoms with Gasteiger partial charge in [-0.25, -0.2) is 0 Å². The molecule has 1 aliphatic rings. The van der Waals surface area contributed by atoms with Crippen LogP contribution in [0.5, 0.6) is 0 Å². The van der Waals surface area contributed by atoms with Crippen molar-refractivity contribution in [3.63, 3.8) is 0 Å².